The highest BCUT2D eigenvalue weighted by atomic mass is 79.9. The molecule has 0 aliphatic carbocycles. The molecule has 1 aromatic rings. The molecule has 0 spiro atoms. The number of rotatable bonds is 6. The fraction of sp³-hybridized carbons (Fsp3) is 0.385. The molecule has 19 heavy (non-hydrogen) atoms. The van der Waals surface area contributed by atoms with Crippen LogP contribution in [-0.2, 0) is 9.53 Å². The zero-order valence-electron chi connectivity index (χ0n) is 10.5. The van der Waals surface area contributed by atoms with Gasteiger partial charge >= 0.3 is 5.97 Å². The molecule has 0 unspecified atom stereocenters. The van der Waals surface area contributed by atoms with Gasteiger partial charge in [-0.3, -0.25) is 9.59 Å². The van der Waals surface area contributed by atoms with Crippen LogP contribution in [0.15, 0.2) is 22.7 Å². The van der Waals surface area contributed by atoms with Gasteiger partial charge in [-0.1, -0.05) is 0 Å². The summed E-state index contributed by atoms with van der Waals surface area (Å²) in [5, 5.41) is 2.66. The van der Waals surface area contributed by atoms with Gasteiger partial charge in [0.05, 0.1) is 12.2 Å². The van der Waals surface area contributed by atoms with Gasteiger partial charge in [0.15, 0.2) is 0 Å². The largest absolute Gasteiger partial charge is 0.466 e. The molecule has 0 saturated carbocycles. The fourth-order valence-corrected chi connectivity index (χ4v) is 1.97. The Morgan fingerprint density at radius 3 is 2.79 bits per heavy atom. The van der Waals surface area contributed by atoms with E-state index in [2.05, 4.69) is 21.2 Å². The molecule has 0 bridgehead atoms. The van der Waals surface area contributed by atoms with Crippen LogP contribution in [0.25, 0.3) is 0 Å². The summed E-state index contributed by atoms with van der Waals surface area (Å²) in [6, 6.07) is 3.85. The third-order valence-electron chi connectivity index (χ3n) is 2.32. The molecular weight excluding hydrogens is 317 g/mol. The van der Waals surface area contributed by atoms with E-state index >= 15 is 0 Å². The standard InChI is InChI=1S/C13H15BrFNO3/c1-2-19-12(17)4-3-7-16-13(18)10-6-5-9(15)8-11(10)14/h5-6,8H,2-4,7H2,1H3,(H,16,18). The maximum atomic E-state index is 12.9. The second-order valence-electron chi connectivity index (χ2n) is 3.79. The number of esters is 1. The van der Waals surface area contributed by atoms with E-state index in [1.54, 1.807) is 6.92 Å². The molecule has 1 aromatic carbocycles. The van der Waals surface area contributed by atoms with Gasteiger partial charge in [0.2, 0.25) is 0 Å². The molecule has 0 fully saturated rings. The smallest absolute Gasteiger partial charge is 0.305 e. The molecule has 0 heterocycles. The van der Waals surface area contributed by atoms with Crippen LogP contribution < -0.4 is 5.32 Å². The van der Waals surface area contributed by atoms with Crippen LogP contribution in [0.1, 0.15) is 30.1 Å². The number of hydrogen-bond donors (Lipinski definition) is 1. The summed E-state index contributed by atoms with van der Waals surface area (Å²) in [5.41, 5.74) is 0.359. The van der Waals surface area contributed by atoms with Gasteiger partial charge in [0, 0.05) is 17.4 Å². The Hall–Kier alpha value is -1.43. The van der Waals surface area contributed by atoms with Gasteiger partial charge in [0.25, 0.3) is 5.91 Å². The second-order valence-corrected chi connectivity index (χ2v) is 4.64. The van der Waals surface area contributed by atoms with E-state index < -0.39 is 5.82 Å². The van der Waals surface area contributed by atoms with Gasteiger partial charge < -0.3 is 10.1 Å². The molecule has 1 amide bonds. The molecule has 0 aliphatic heterocycles. The number of hydrogen-bond acceptors (Lipinski definition) is 3. The van der Waals surface area contributed by atoms with E-state index in [1.807, 2.05) is 0 Å². The molecule has 1 rings (SSSR count). The maximum absolute atomic E-state index is 12.9. The van der Waals surface area contributed by atoms with Crippen molar-refractivity contribution in [1.29, 1.82) is 0 Å². The average Bonchev–Trinajstić information content (AvgIpc) is 2.34. The summed E-state index contributed by atoms with van der Waals surface area (Å²) in [4.78, 5) is 22.8. The monoisotopic (exact) mass is 331 g/mol. The van der Waals surface area contributed by atoms with Crippen LogP contribution in [0.5, 0.6) is 0 Å². The van der Waals surface area contributed by atoms with E-state index in [4.69, 9.17) is 4.74 Å². The van der Waals surface area contributed by atoms with Gasteiger partial charge in [-0.05, 0) is 47.5 Å². The summed E-state index contributed by atoms with van der Waals surface area (Å²) in [7, 11) is 0. The normalized spacial score (nSPS) is 10.1. The molecule has 0 atom stereocenters. The van der Waals surface area contributed by atoms with Crippen LogP contribution in [0, 0.1) is 5.82 Å². The minimum atomic E-state index is -0.411. The lowest BCUT2D eigenvalue weighted by Gasteiger charge is -2.07. The van der Waals surface area contributed by atoms with Crippen LogP contribution in [0.4, 0.5) is 4.39 Å². The van der Waals surface area contributed by atoms with Crippen molar-refractivity contribution in [1.82, 2.24) is 5.32 Å². The first kappa shape index (κ1) is 15.6. The Morgan fingerprint density at radius 1 is 1.42 bits per heavy atom. The average molecular weight is 332 g/mol. The Kier molecular flexibility index (Phi) is 6.49. The zero-order valence-corrected chi connectivity index (χ0v) is 12.1. The molecule has 0 aromatic heterocycles. The Morgan fingerprint density at radius 2 is 2.16 bits per heavy atom. The summed E-state index contributed by atoms with van der Waals surface area (Å²) >= 11 is 3.13. The van der Waals surface area contributed by atoms with E-state index in [0.717, 1.165) is 0 Å². The van der Waals surface area contributed by atoms with Crippen molar-refractivity contribution in [3.05, 3.63) is 34.1 Å². The lowest BCUT2D eigenvalue weighted by atomic mass is 10.2. The number of carbonyl (C=O) groups excluding carboxylic acids is 2. The maximum Gasteiger partial charge on any atom is 0.305 e. The van der Waals surface area contributed by atoms with E-state index in [9.17, 15) is 14.0 Å². The molecule has 0 saturated heterocycles. The van der Waals surface area contributed by atoms with Crippen molar-refractivity contribution >= 4 is 27.8 Å². The van der Waals surface area contributed by atoms with Gasteiger partial charge in [-0.25, -0.2) is 4.39 Å². The highest BCUT2D eigenvalue weighted by Gasteiger charge is 2.10. The van der Waals surface area contributed by atoms with Crippen molar-refractivity contribution in [3.8, 4) is 0 Å². The highest BCUT2D eigenvalue weighted by Crippen LogP contribution is 2.17. The van der Waals surface area contributed by atoms with E-state index in [-0.39, 0.29) is 18.3 Å². The Labute approximate surface area is 119 Å². The molecular formula is C13H15BrFNO3. The number of nitrogens with one attached hydrogen (secondary N) is 1. The second kappa shape index (κ2) is 7.89. The topological polar surface area (TPSA) is 55.4 Å². The summed E-state index contributed by atoms with van der Waals surface area (Å²) in [6.07, 6.45) is 0.766. The fourth-order valence-electron chi connectivity index (χ4n) is 1.44. The van der Waals surface area contributed by atoms with Crippen molar-refractivity contribution in [2.24, 2.45) is 0 Å². The SMILES string of the molecule is CCOC(=O)CCCNC(=O)c1ccc(F)cc1Br. The van der Waals surface area contributed by atoms with Crippen molar-refractivity contribution in [3.63, 3.8) is 0 Å². The number of ether oxygens (including phenoxy) is 1. The first-order valence-corrected chi connectivity index (χ1v) is 6.72. The molecule has 0 radical (unpaired) electrons. The first-order chi connectivity index (χ1) is 9.04. The number of benzene rings is 1. The van der Waals surface area contributed by atoms with Gasteiger partial charge in [-0.2, -0.15) is 0 Å². The summed E-state index contributed by atoms with van der Waals surface area (Å²) < 4.78 is 18.0. The quantitative estimate of drug-likeness (QED) is 0.644. The lowest BCUT2D eigenvalue weighted by Crippen LogP contribution is -2.25. The van der Waals surface area contributed by atoms with Crippen LogP contribution in [-0.4, -0.2) is 25.0 Å². The molecule has 4 nitrogen and oxygen atoms in total. The molecule has 0 aliphatic rings. The summed E-state index contributed by atoms with van der Waals surface area (Å²) in [6.45, 7) is 2.46. The Balaban J connectivity index is 2.37. The van der Waals surface area contributed by atoms with Crippen LogP contribution in [0.2, 0.25) is 0 Å². The predicted molar refractivity (Wildman–Crippen MR) is 72.3 cm³/mol. The van der Waals surface area contributed by atoms with Gasteiger partial charge in [-0.15, -0.1) is 0 Å². The third kappa shape index (κ3) is 5.38. The van der Waals surface area contributed by atoms with Crippen LogP contribution >= 0.6 is 15.9 Å². The molecule has 1 N–H and O–H groups in total. The minimum Gasteiger partial charge on any atom is -0.466 e. The minimum absolute atomic E-state index is 0.263. The zero-order chi connectivity index (χ0) is 14.3. The van der Waals surface area contributed by atoms with E-state index in [0.29, 0.717) is 29.6 Å². The van der Waals surface area contributed by atoms with Crippen LogP contribution in [0.3, 0.4) is 0 Å². The number of carbonyl (C=O) groups is 2. The predicted octanol–water partition coefficient (Wildman–Crippen LogP) is 2.66. The van der Waals surface area contributed by atoms with Crippen molar-refractivity contribution in [2.75, 3.05) is 13.2 Å². The van der Waals surface area contributed by atoms with Crippen molar-refractivity contribution < 1.29 is 18.7 Å². The first-order valence-electron chi connectivity index (χ1n) is 5.93. The molecule has 6 heteroatoms. The Bertz CT molecular complexity index is 465. The molecule has 104 valence electrons. The highest BCUT2D eigenvalue weighted by molar-refractivity contribution is 9.10. The van der Waals surface area contributed by atoms with Gasteiger partial charge in [0.1, 0.15) is 5.82 Å². The lowest BCUT2D eigenvalue weighted by molar-refractivity contribution is -0.143. The number of amides is 1. The number of halogens is 2. The van der Waals surface area contributed by atoms with E-state index in [1.165, 1.54) is 18.2 Å². The third-order valence-corrected chi connectivity index (χ3v) is 2.98. The summed E-state index contributed by atoms with van der Waals surface area (Å²) in [5.74, 6) is -0.999. The van der Waals surface area contributed by atoms with Crippen molar-refractivity contribution in [2.45, 2.75) is 19.8 Å².